The van der Waals surface area contributed by atoms with Gasteiger partial charge in [-0.15, -0.1) is 0 Å². The average Bonchev–Trinajstić information content (AvgIpc) is 3.05. The first-order chi connectivity index (χ1) is 11.1. The van der Waals surface area contributed by atoms with E-state index in [4.69, 9.17) is 21.0 Å². The molecular formula is C16H22ClN4OS+. The van der Waals surface area contributed by atoms with Crippen LogP contribution in [0.5, 0.6) is 0 Å². The summed E-state index contributed by atoms with van der Waals surface area (Å²) in [5.41, 5.74) is 1.92. The molecule has 2 unspecified atom stereocenters. The van der Waals surface area contributed by atoms with Crippen molar-refractivity contribution in [2.75, 3.05) is 30.8 Å². The smallest absolute Gasteiger partial charge is 0.356 e. The fourth-order valence-corrected chi connectivity index (χ4v) is 3.48. The number of nitrogens with zero attached hydrogens (tertiary/aromatic N) is 2. The Morgan fingerprint density at radius 1 is 1.43 bits per heavy atom. The molecule has 5 nitrogen and oxygen atoms in total. The lowest BCUT2D eigenvalue weighted by Crippen LogP contribution is -2.53. The summed E-state index contributed by atoms with van der Waals surface area (Å²) in [4.78, 5) is 2.18. The molecule has 2 N–H and O–H groups in total. The molecule has 0 amide bonds. The van der Waals surface area contributed by atoms with Crippen LogP contribution in [0.25, 0.3) is 0 Å². The van der Waals surface area contributed by atoms with Crippen molar-refractivity contribution in [2.45, 2.75) is 25.5 Å². The Kier molecular flexibility index (Phi) is 5.38. The molecule has 0 radical (unpaired) electrons. The van der Waals surface area contributed by atoms with Crippen molar-refractivity contribution in [3.8, 4) is 0 Å². The van der Waals surface area contributed by atoms with Crippen LogP contribution >= 0.6 is 23.4 Å². The van der Waals surface area contributed by atoms with E-state index in [1.165, 1.54) is 5.56 Å². The number of amidine groups is 1. The number of aryl methyl sites for hydroxylation is 1. The van der Waals surface area contributed by atoms with Crippen molar-refractivity contribution in [2.24, 2.45) is 0 Å². The van der Waals surface area contributed by atoms with Crippen molar-refractivity contribution >= 4 is 40.2 Å². The van der Waals surface area contributed by atoms with Gasteiger partial charge in [0.15, 0.2) is 5.56 Å². The highest BCUT2D eigenvalue weighted by Crippen LogP contribution is 2.18. The van der Waals surface area contributed by atoms with E-state index in [0.717, 1.165) is 35.7 Å². The summed E-state index contributed by atoms with van der Waals surface area (Å²) in [5.74, 6) is 1.86. The summed E-state index contributed by atoms with van der Waals surface area (Å²) in [7, 11) is 0. The molecule has 0 aromatic heterocycles. The van der Waals surface area contributed by atoms with Crippen molar-refractivity contribution in [1.82, 2.24) is 14.9 Å². The van der Waals surface area contributed by atoms with Crippen LogP contribution in [-0.2, 0) is 4.74 Å². The molecule has 0 bridgehead atoms. The molecule has 7 heteroatoms. The molecule has 1 aromatic rings. The molecule has 23 heavy (non-hydrogen) atoms. The van der Waals surface area contributed by atoms with Crippen LogP contribution in [0.15, 0.2) is 24.3 Å². The minimum absolute atomic E-state index is 0.0501. The van der Waals surface area contributed by atoms with Crippen molar-refractivity contribution < 1.29 is 4.74 Å². The predicted molar refractivity (Wildman–Crippen MR) is 99.2 cm³/mol. The maximum atomic E-state index is 6.27. The van der Waals surface area contributed by atoms with Crippen molar-refractivity contribution in [3.05, 3.63) is 29.8 Å². The number of guanidine groups is 1. The van der Waals surface area contributed by atoms with E-state index in [1.54, 1.807) is 11.8 Å². The number of alkyl halides is 1. The highest BCUT2D eigenvalue weighted by molar-refractivity contribution is 8.14. The number of thioether (sulfide) groups is 1. The van der Waals surface area contributed by atoms with Gasteiger partial charge < -0.3 is 10.1 Å². The normalized spacial score (nSPS) is 24.1. The molecule has 2 fully saturated rings. The molecule has 2 atom stereocenters. The lowest BCUT2D eigenvalue weighted by Gasteiger charge is -2.33. The van der Waals surface area contributed by atoms with Crippen LogP contribution in [0, 0.1) is 6.92 Å². The first kappa shape index (κ1) is 16.5. The van der Waals surface area contributed by atoms with Crippen molar-refractivity contribution in [3.63, 3.8) is 0 Å². The van der Waals surface area contributed by atoms with Gasteiger partial charge in [0.2, 0.25) is 0 Å². The van der Waals surface area contributed by atoms with E-state index in [1.807, 2.05) is 0 Å². The van der Waals surface area contributed by atoms with Crippen LogP contribution in [0.3, 0.4) is 0 Å². The summed E-state index contributed by atoms with van der Waals surface area (Å²) in [6, 6.07) is 8.35. The third-order valence-corrected chi connectivity index (χ3v) is 5.29. The molecule has 124 valence electrons. The van der Waals surface area contributed by atoms with Gasteiger partial charge in [0, 0.05) is 5.75 Å². The minimum Gasteiger partial charge on any atom is -0.356 e. The van der Waals surface area contributed by atoms with Crippen LogP contribution in [0.4, 0.5) is 5.69 Å². The largest absolute Gasteiger partial charge is 0.403 e. The number of halogens is 1. The van der Waals surface area contributed by atoms with E-state index in [0.29, 0.717) is 6.61 Å². The average molecular weight is 354 g/mol. The fourth-order valence-electron chi connectivity index (χ4n) is 2.50. The maximum absolute atomic E-state index is 6.27. The summed E-state index contributed by atoms with van der Waals surface area (Å²) >= 11 is 8.01. The number of hydrogen-bond donors (Lipinski definition) is 2. The lowest BCUT2D eigenvalue weighted by molar-refractivity contribution is 0.00672. The van der Waals surface area contributed by atoms with Crippen LogP contribution in [0.2, 0.25) is 0 Å². The van der Waals surface area contributed by atoms with E-state index < -0.39 is 0 Å². The third kappa shape index (κ3) is 4.15. The van der Waals surface area contributed by atoms with Crippen molar-refractivity contribution in [1.29, 1.82) is 0 Å². The van der Waals surface area contributed by atoms with Gasteiger partial charge in [0.1, 0.15) is 6.04 Å². The van der Waals surface area contributed by atoms with Crippen LogP contribution in [0.1, 0.15) is 12.5 Å². The molecule has 2 saturated heterocycles. The quantitative estimate of drug-likeness (QED) is 0.349. The summed E-state index contributed by atoms with van der Waals surface area (Å²) in [6.07, 6.45) is 0. The van der Waals surface area contributed by atoms with Gasteiger partial charge in [-0.1, -0.05) is 29.3 Å². The predicted octanol–water partition coefficient (Wildman–Crippen LogP) is 1.81. The van der Waals surface area contributed by atoms with Gasteiger partial charge in [-0.2, -0.15) is 0 Å². The molecule has 2 aliphatic rings. The second kappa shape index (κ2) is 7.49. The van der Waals surface area contributed by atoms with Gasteiger partial charge in [-0.3, -0.25) is 10.2 Å². The number of morpholine rings is 1. The second-order valence-corrected chi connectivity index (χ2v) is 7.18. The topological polar surface area (TPSA) is 50.6 Å². The Balaban J connectivity index is 1.90. The van der Waals surface area contributed by atoms with Gasteiger partial charge in [-0.25, -0.2) is 4.67 Å². The monoisotopic (exact) mass is 353 g/mol. The van der Waals surface area contributed by atoms with Gasteiger partial charge in [0.05, 0.1) is 25.4 Å². The Hall–Kier alpha value is -1.33. The summed E-state index contributed by atoms with van der Waals surface area (Å²) < 4.78 is 10.3. The van der Waals surface area contributed by atoms with Gasteiger partial charge in [0.25, 0.3) is 0 Å². The zero-order valence-corrected chi connectivity index (χ0v) is 15.0. The van der Waals surface area contributed by atoms with E-state index in [-0.39, 0.29) is 11.6 Å². The number of hydrogen-bond acceptors (Lipinski definition) is 2. The Labute approximate surface area is 146 Å². The van der Waals surface area contributed by atoms with Crippen LogP contribution in [-0.4, -0.2) is 53.1 Å². The minimum atomic E-state index is -0.331. The molecular weight excluding hydrogens is 332 g/mol. The Bertz CT molecular complexity index is 607. The standard InChI is InChI=1S/C16H21ClN4OS/c1-11-3-5-13(6-4-11)19-15(20-16-18-7-10-23-16)21-8-9-22-14(17)12(21)2/h3-6,12,14H,7-10H2,1-2H3,(H,18,19,20)/p+1. The first-order valence-corrected chi connectivity index (χ1v) is 9.24. The zero-order valence-electron chi connectivity index (χ0n) is 13.4. The zero-order chi connectivity index (χ0) is 16.2. The third-order valence-electron chi connectivity index (χ3n) is 3.88. The summed E-state index contributed by atoms with van der Waals surface area (Å²) in [5, 5.41) is 7.70. The van der Waals surface area contributed by atoms with Gasteiger partial charge >= 0.3 is 11.1 Å². The Morgan fingerprint density at radius 3 is 2.91 bits per heavy atom. The van der Waals surface area contributed by atoms with E-state index >= 15 is 0 Å². The number of anilines is 1. The molecule has 2 heterocycles. The number of nitrogens with one attached hydrogen (secondary N) is 2. The molecule has 0 spiro atoms. The number of rotatable bonds is 1. The molecule has 2 aliphatic heterocycles. The van der Waals surface area contributed by atoms with Crippen LogP contribution < -0.4 is 15.3 Å². The molecule has 0 saturated carbocycles. The summed E-state index contributed by atoms with van der Waals surface area (Å²) in [6.45, 7) is 6.46. The molecule has 1 aromatic carbocycles. The highest BCUT2D eigenvalue weighted by atomic mass is 35.5. The first-order valence-electron chi connectivity index (χ1n) is 7.82. The maximum Gasteiger partial charge on any atom is 0.403 e. The molecule has 0 aliphatic carbocycles. The molecule has 3 rings (SSSR count). The Morgan fingerprint density at radius 2 is 2.22 bits per heavy atom. The second-order valence-electron chi connectivity index (χ2n) is 5.66. The van der Waals surface area contributed by atoms with E-state index in [2.05, 4.69) is 53.6 Å². The van der Waals surface area contributed by atoms with E-state index in [9.17, 15) is 0 Å². The number of ether oxygens (including phenoxy) is 1. The fraction of sp³-hybridized carbons (Fsp3) is 0.500. The van der Waals surface area contributed by atoms with Gasteiger partial charge in [-0.05, 0) is 37.7 Å². The lowest BCUT2D eigenvalue weighted by atomic mass is 10.2. The number of benzene rings is 1. The SMILES string of the molecule is Cc1ccc(NC(=[N+]=C2NCCS2)N2CCOC(Cl)C2C)cc1. The highest BCUT2D eigenvalue weighted by Gasteiger charge is 2.34.